The summed E-state index contributed by atoms with van der Waals surface area (Å²) in [6.45, 7) is 8.33. The summed E-state index contributed by atoms with van der Waals surface area (Å²) in [5.41, 5.74) is 0.0327. The molecule has 0 unspecified atom stereocenters. The summed E-state index contributed by atoms with van der Waals surface area (Å²) >= 11 is 0. The molecule has 4 aromatic rings. The van der Waals surface area contributed by atoms with Gasteiger partial charge in [0.1, 0.15) is 36.5 Å². The van der Waals surface area contributed by atoms with Gasteiger partial charge in [-0.1, -0.05) is 20.1 Å². The van der Waals surface area contributed by atoms with Gasteiger partial charge in [-0.15, -0.1) is 0 Å². The summed E-state index contributed by atoms with van der Waals surface area (Å²) in [6.07, 6.45) is 0.302. The van der Waals surface area contributed by atoms with Crippen LogP contribution < -0.4 is 14.2 Å². The van der Waals surface area contributed by atoms with Gasteiger partial charge in [0.15, 0.2) is 34.2 Å². The molecule has 0 radical (unpaired) electrons. The van der Waals surface area contributed by atoms with E-state index in [-0.39, 0.29) is 48.4 Å². The van der Waals surface area contributed by atoms with Crippen molar-refractivity contribution < 1.29 is 56.1 Å². The Bertz CT molecular complexity index is 1650. The van der Waals surface area contributed by atoms with Crippen molar-refractivity contribution in [2.75, 3.05) is 19.8 Å². The second kappa shape index (κ2) is 7.93. The zero-order valence-electron chi connectivity index (χ0n) is 20.4. The molecule has 12 nitrogen and oxygen atoms in total. The molecule has 3 aliphatic heterocycles. The average molecular weight is 534 g/mol. The maximum Gasteiger partial charge on any atom is 0.345 e. The van der Waals surface area contributed by atoms with Crippen molar-refractivity contribution in [3.8, 4) is 23.4 Å². The zero-order chi connectivity index (χ0) is 27.1. The van der Waals surface area contributed by atoms with E-state index in [2.05, 4.69) is 13.2 Å². The Morgan fingerprint density at radius 2 is 1.23 bits per heavy atom. The van der Waals surface area contributed by atoms with Crippen LogP contribution >= 0.6 is 0 Å². The second-order valence-corrected chi connectivity index (χ2v) is 9.37. The van der Waals surface area contributed by atoms with Crippen LogP contribution in [0, 0.1) is 5.41 Å². The van der Waals surface area contributed by atoms with Gasteiger partial charge in [0.05, 0.1) is 5.41 Å². The molecule has 39 heavy (non-hydrogen) atoms. The van der Waals surface area contributed by atoms with Gasteiger partial charge >= 0.3 is 29.8 Å². The Balaban J connectivity index is 1.07. The molecule has 0 N–H and O–H groups in total. The van der Waals surface area contributed by atoms with E-state index in [9.17, 15) is 14.4 Å². The highest BCUT2D eigenvalue weighted by atomic mass is 16.6. The molecule has 0 fully saturated rings. The molecule has 6 bridgehead atoms. The number of hydrogen-bond donors (Lipinski definition) is 0. The first kappa shape index (κ1) is 23.0. The highest BCUT2D eigenvalue weighted by Gasteiger charge is 2.40. The Kier molecular flexibility index (Phi) is 4.68. The van der Waals surface area contributed by atoms with Crippen LogP contribution in [0.4, 0.5) is 0 Å². The number of carbonyl (C=O) groups excluding carboxylic acids is 3. The number of benzene rings is 1. The molecule has 0 saturated heterocycles. The van der Waals surface area contributed by atoms with E-state index in [1.54, 1.807) is 6.92 Å². The molecule has 0 saturated carbocycles. The molecule has 0 atom stereocenters. The molecule has 0 aliphatic carbocycles. The summed E-state index contributed by atoms with van der Waals surface area (Å²) < 4.78 is 48.6. The molecule has 7 rings (SSSR count). The van der Waals surface area contributed by atoms with E-state index < -0.39 is 23.3 Å². The van der Waals surface area contributed by atoms with Gasteiger partial charge < -0.3 is 41.7 Å². The Labute approximate surface area is 218 Å². The van der Waals surface area contributed by atoms with Crippen LogP contribution in [-0.2, 0) is 14.2 Å². The lowest BCUT2D eigenvalue weighted by Gasteiger charge is -2.31. The van der Waals surface area contributed by atoms with Crippen molar-refractivity contribution in [3.63, 3.8) is 0 Å². The third-order valence-electron chi connectivity index (χ3n) is 6.85. The summed E-state index contributed by atoms with van der Waals surface area (Å²) in [5.74, 6) is 0.196. The maximum absolute atomic E-state index is 12.9. The van der Waals surface area contributed by atoms with Crippen LogP contribution in [-0.4, -0.2) is 37.7 Å². The fourth-order valence-corrected chi connectivity index (χ4v) is 4.32. The molecule has 3 aliphatic rings. The summed E-state index contributed by atoms with van der Waals surface area (Å²) in [7, 11) is 0. The van der Waals surface area contributed by atoms with Crippen molar-refractivity contribution in [1.29, 1.82) is 0 Å². The lowest BCUT2D eigenvalue weighted by Crippen LogP contribution is -2.39. The third kappa shape index (κ3) is 3.55. The van der Waals surface area contributed by atoms with E-state index >= 15 is 0 Å². The molecule has 7 heterocycles. The van der Waals surface area contributed by atoms with E-state index in [4.69, 9.17) is 41.7 Å². The minimum absolute atomic E-state index is 0.0204. The standard InChI is InChI=1S/C27H18O12/c1-4-27(9-32-23(29)14-6-16-11(2)34-25(14)37-16,10-33-24(30)15-7-17-12(3)35-26(15)38-17)8-31-22(28)13-5-18-20-21(39-20)19(13)36-18/h5-7H,2-4,8-10H2,1H3. The molecule has 0 spiro atoms. The first-order valence-corrected chi connectivity index (χ1v) is 11.9. The van der Waals surface area contributed by atoms with Gasteiger partial charge in [0, 0.05) is 18.2 Å². The highest BCUT2D eigenvalue weighted by molar-refractivity contribution is 6.06. The largest absolute Gasteiger partial charge is 0.461 e. The van der Waals surface area contributed by atoms with Crippen molar-refractivity contribution in [2.24, 2.45) is 5.41 Å². The van der Waals surface area contributed by atoms with Crippen molar-refractivity contribution in [3.05, 3.63) is 59.6 Å². The van der Waals surface area contributed by atoms with Crippen LogP contribution in [0.25, 0.3) is 22.7 Å². The first-order chi connectivity index (χ1) is 18.7. The number of carbonyl (C=O) groups is 3. The van der Waals surface area contributed by atoms with Gasteiger partial charge in [0.2, 0.25) is 11.5 Å². The van der Waals surface area contributed by atoms with Crippen molar-refractivity contribution in [1.82, 2.24) is 0 Å². The minimum Gasteiger partial charge on any atom is -0.461 e. The van der Waals surface area contributed by atoms with E-state index in [0.29, 0.717) is 52.1 Å². The van der Waals surface area contributed by atoms with Crippen molar-refractivity contribution >= 4 is 40.6 Å². The topological polar surface area (TPSA) is 149 Å². The van der Waals surface area contributed by atoms with E-state index in [0.717, 1.165) is 0 Å². The minimum atomic E-state index is -1.11. The van der Waals surface area contributed by atoms with Crippen molar-refractivity contribution in [2.45, 2.75) is 13.3 Å². The Morgan fingerprint density at radius 3 is 1.62 bits per heavy atom. The predicted molar refractivity (Wildman–Crippen MR) is 128 cm³/mol. The van der Waals surface area contributed by atoms with Crippen LogP contribution in [0.5, 0.6) is 23.4 Å². The number of furan rings is 4. The number of fused-ring (bicyclic) bond motifs is 9. The Hall–Kier alpha value is -5.13. The van der Waals surface area contributed by atoms with Crippen LogP contribution in [0.3, 0.4) is 0 Å². The van der Waals surface area contributed by atoms with E-state index in [1.165, 1.54) is 18.2 Å². The smallest absolute Gasteiger partial charge is 0.345 e. The first-order valence-electron chi connectivity index (χ1n) is 11.9. The second-order valence-electron chi connectivity index (χ2n) is 9.37. The zero-order valence-corrected chi connectivity index (χ0v) is 20.4. The molecule has 12 heteroatoms. The third-order valence-corrected chi connectivity index (χ3v) is 6.85. The monoisotopic (exact) mass is 534 g/mol. The fraction of sp³-hybridized carbons (Fsp3) is 0.222. The van der Waals surface area contributed by atoms with Gasteiger partial charge in [-0.25, -0.2) is 14.4 Å². The predicted octanol–water partition coefficient (Wildman–Crippen LogP) is 5.16. The summed E-state index contributed by atoms with van der Waals surface area (Å²) in [5, 5.41) is 0. The van der Waals surface area contributed by atoms with Gasteiger partial charge in [0.25, 0.3) is 0 Å². The molecular weight excluding hydrogens is 516 g/mol. The molecule has 0 amide bonds. The normalized spacial score (nSPS) is 14.2. The molecule has 0 aromatic carbocycles. The number of hydrogen-bond acceptors (Lipinski definition) is 12. The SMILES string of the molecule is C=C1Oc2oc1cc2C(=O)OCC(CC)(COC(=O)c1cc2oc1OC2=C)COC(=O)c1cc2oc1c1c2O1. The lowest BCUT2D eigenvalue weighted by molar-refractivity contribution is -0.0382. The molecule has 4 aromatic heterocycles. The van der Waals surface area contributed by atoms with Crippen LogP contribution in [0.15, 0.2) is 44.6 Å². The number of ether oxygens (including phenoxy) is 6. The number of esters is 3. The maximum atomic E-state index is 12.9. The Morgan fingerprint density at radius 1 is 0.718 bits per heavy atom. The van der Waals surface area contributed by atoms with E-state index in [1.807, 2.05) is 0 Å². The highest BCUT2D eigenvalue weighted by Crippen LogP contribution is 2.58. The van der Waals surface area contributed by atoms with Gasteiger partial charge in [-0.3, -0.25) is 0 Å². The fourth-order valence-electron chi connectivity index (χ4n) is 4.32. The lowest BCUT2D eigenvalue weighted by atomic mass is 9.88. The average Bonchev–Trinajstić information content (AvgIpc) is 3.50. The number of rotatable bonds is 10. The van der Waals surface area contributed by atoms with Gasteiger partial charge in [-0.05, 0) is 6.42 Å². The molecule has 198 valence electrons. The molecular formula is C27H18O12. The van der Waals surface area contributed by atoms with Crippen LogP contribution in [0.2, 0.25) is 0 Å². The van der Waals surface area contributed by atoms with Gasteiger partial charge in [-0.2, -0.15) is 0 Å². The van der Waals surface area contributed by atoms with Crippen LogP contribution in [0.1, 0.15) is 55.9 Å². The quantitative estimate of drug-likeness (QED) is 0.132. The summed E-state index contributed by atoms with van der Waals surface area (Å²) in [6, 6.07) is 4.45. The summed E-state index contributed by atoms with van der Waals surface area (Å²) in [4.78, 5) is 38.5.